The summed E-state index contributed by atoms with van der Waals surface area (Å²) in [6.45, 7) is 2.91. The average Bonchev–Trinajstić information content (AvgIpc) is 3.21. The molecule has 0 aliphatic carbocycles. The molecule has 0 radical (unpaired) electrons. The number of carbonyl (C=O) groups is 3. The normalized spacial score (nSPS) is 28.4. The van der Waals surface area contributed by atoms with Crippen LogP contribution in [0.3, 0.4) is 0 Å². The molecule has 2 aliphatic heterocycles. The minimum Gasteiger partial charge on any atom is -0.497 e. The fourth-order valence-electron chi connectivity index (χ4n) is 4.37. The minimum atomic E-state index is -1.72. The van der Waals surface area contributed by atoms with Crippen molar-refractivity contribution in [2.45, 2.75) is 25.4 Å². The molecule has 0 aromatic heterocycles. The molecular formula is C20H26N2O7. The summed E-state index contributed by atoms with van der Waals surface area (Å²) in [7, 11) is 3.00. The minimum absolute atomic E-state index is 0.0792. The Balaban J connectivity index is 2.16. The van der Waals surface area contributed by atoms with Gasteiger partial charge < -0.3 is 19.3 Å². The van der Waals surface area contributed by atoms with E-state index in [1.165, 1.54) is 14.2 Å². The standard InChI is InChI=1S/C20H26N2O7/c1-5-22-17(24)14-15(18(22)25)20(10-23,19(26)29-6-2)21-16(14)12-8-7-11(27-3)9-13(12)28-4/h7-9,14-16,21,23H,5-6,10H2,1-4H3. The molecule has 9 heteroatoms. The van der Waals surface area contributed by atoms with Gasteiger partial charge in [-0.05, 0) is 19.9 Å². The molecule has 29 heavy (non-hydrogen) atoms. The number of aliphatic hydroxyl groups excluding tert-OH is 1. The van der Waals surface area contributed by atoms with Crippen molar-refractivity contribution in [2.24, 2.45) is 11.8 Å². The van der Waals surface area contributed by atoms with Crippen molar-refractivity contribution >= 4 is 17.8 Å². The summed E-state index contributed by atoms with van der Waals surface area (Å²) in [5.74, 6) is -2.59. The van der Waals surface area contributed by atoms with Crippen LogP contribution in [0.2, 0.25) is 0 Å². The van der Waals surface area contributed by atoms with Crippen molar-refractivity contribution in [3.8, 4) is 11.5 Å². The topological polar surface area (TPSA) is 114 Å². The average molecular weight is 406 g/mol. The summed E-state index contributed by atoms with van der Waals surface area (Å²) in [5.41, 5.74) is -1.13. The molecule has 1 aromatic rings. The molecule has 2 N–H and O–H groups in total. The van der Waals surface area contributed by atoms with E-state index in [1.54, 1.807) is 32.0 Å². The van der Waals surface area contributed by atoms with Gasteiger partial charge >= 0.3 is 5.97 Å². The molecule has 2 amide bonds. The van der Waals surface area contributed by atoms with E-state index in [4.69, 9.17) is 14.2 Å². The Hall–Kier alpha value is -2.65. The predicted molar refractivity (Wildman–Crippen MR) is 101 cm³/mol. The number of nitrogens with one attached hydrogen (secondary N) is 1. The molecule has 2 heterocycles. The van der Waals surface area contributed by atoms with Crippen LogP contribution in [0.5, 0.6) is 11.5 Å². The van der Waals surface area contributed by atoms with E-state index in [1.807, 2.05) is 0 Å². The molecule has 2 saturated heterocycles. The molecule has 1 aromatic carbocycles. The fraction of sp³-hybridized carbons (Fsp3) is 0.550. The van der Waals surface area contributed by atoms with Crippen molar-refractivity contribution in [1.82, 2.24) is 10.2 Å². The summed E-state index contributed by atoms with van der Waals surface area (Å²) in [6, 6.07) is 4.35. The van der Waals surface area contributed by atoms with Gasteiger partial charge in [0, 0.05) is 24.2 Å². The van der Waals surface area contributed by atoms with Gasteiger partial charge in [-0.1, -0.05) is 6.07 Å². The Morgan fingerprint density at radius 3 is 2.48 bits per heavy atom. The van der Waals surface area contributed by atoms with E-state index < -0.39 is 47.8 Å². The zero-order chi connectivity index (χ0) is 21.3. The van der Waals surface area contributed by atoms with Crippen molar-refractivity contribution in [3.63, 3.8) is 0 Å². The van der Waals surface area contributed by atoms with E-state index in [2.05, 4.69) is 5.32 Å². The smallest absolute Gasteiger partial charge is 0.329 e. The van der Waals surface area contributed by atoms with Crippen molar-refractivity contribution in [2.75, 3.05) is 34.0 Å². The Kier molecular flexibility index (Phi) is 5.81. The van der Waals surface area contributed by atoms with Gasteiger partial charge in [0.25, 0.3) is 0 Å². The number of amides is 2. The number of benzene rings is 1. The fourth-order valence-corrected chi connectivity index (χ4v) is 4.37. The number of ether oxygens (including phenoxy) is 3. The third kappa shape index (κ3) is 3.05. The summed E-state index contributed by atoms with van der Waals surface area (Å²) in [5, 5.41) is 13.3. The van der Waals surface area contributed by atoms with E-state index in [0.29, 0.717) is 17.1 Å². The number of methoxy groups -OCH3 is 2. The highest BCUT2D eigenvalue weighted by atomic mass is 16.5. The number of rotatable bonds is 7. The summed E-state index contributed by atoms with van der Waals surface area (Å²) in [6.07, 6.45) is 0. The first-order chi connectivity index (χ1) is 13.9. The largest absolute Gasteiger partial charge is 0.497 e. The van der Waals surface area contributed by atoms with Crippen LogP contribution in [0.4, 0.5) is 0 Å². The second kappa shape index (κ2) is 8.00. The molecule has 0 bridgehead atoms. The number of aliphatic hydroxyl groups is 1. The Bertz CT molecular complexity index is 827. The Morgan fingerprint density at radius 2 is 1.93 bits per heavy atom. The van der Waals surface area contributed by atoms with E-state index in [-0.39, 0.29) is 13.2 Å². The van der Waals surface area contributed by atoms with Crippen LogP contribution < -0.4 is 14.8 Å². The SMILES string of the molecule is CCOC(=O)C1(CO)NC(c2ccc(OC)cc2OC)C2C(=O)N(CC)C(=O)C21. The van der Waals surface area contributed by atoms with Gasteiger partial charge in [0.05, 0.1) is 39.3 Å². The van der Waals surface area contributed by atoms with Crippen LogP contribution in [0.25, 0.3) is 0 Å². The van der Waals surface area contributed by atoms with Crippen molar-refractivity contribution in [1.29, 1.82) is 0 Å². The predicted octanol–water partition coefficient (Wildman–Crippen LogP) is 0.263. The summed E-state index contributed by atoms with van der Waals surface area (Å²) >= 11 is 0. The lowest BCUT2D eigenvalue weighted by Crippen LogP contribution is -2.59. The van der Waals surface area contributed by atoms with E-state index in [9.17, 15) is 19.5 Å². The van der Waals surface area contributed by atoms with Crippen LogP contribution in [-0.2, 0) is 19.1 Å². The van der Waals surface area contributed by atoms with Gasteiger partial charge in [0.1, 0.15) is 11.5 Å². The number of nitrogens with zero attached hydrogens (tertiary/aromatic N) is 1. The van der Waals surface area contributed by atoms with E-state index >= 15 is 0 Å². The number of likely N-dealkylation sites (tertiary alicyclic amines) is 1. The van der Waals surface area contributed by atoms with Crippen LogP contribution >= 0.6 is 0 Å². The molecule has 158 valence electrons. The Morgan fingerprint density at radius 1 is 1.21 bits per heavy atom. The second-order valence-corrected chi connectivity index (χ2v) is 7.00. The number of imide groups is 1. The molecule has 2 aliphatic rings. The molecule has 2 fully saturated rings. The highest BCUT2D eigenvalue weighted by molar-refractivity contribution is 6.09. The number of hydrogen-bond donors (Lipinski definition) is 2. The number of fused-ring (bicyclic) bond motifs is 1. The van der Waals surface area contributed by atoms with Crippen LogP contribution in [0, 0.1) is 11.8 Å². The zero-order valence-electron chi connectivity index (χ0n) is 16.9. The number of carbonyl (C=O) groups excluding carboxylic acids is 3. The summed E-state index contributed by atoms with van der Waals surface area (Å²) < 4.78 is 15.9. The lowest BCUT2D eigenvalue weighted by molar-refractivity contribution is -0.158. The van der Waals surface area contributed by atoms with Crippen LogP contribution in [0.15, 0.2) is 18.2 Å². The third-order valence-electron chi connectivity index (χ3n) is 5.73. The lowest BCUT2D eigenvalue weighted by Gasteiger charge is -2.31. The van der Waals surface area contributed by atoms with Crippen LogP contribution in [-0.4, -0.2) is 67.3 Å². The van der Waals surface area contributed by atoms with Gasteiger partial charge in [-0.25, -0.2) is 4.79 Å². The van der Waals surface area contributed by atoms with Crippen molar-refractivity contribution in [3.05, 3.63) is 23.8 Å². The molecule has 9 nitrogen and oxygen atoms in total. The molecule has 3 rings (SSSR count). The molecule has 0 spiro atoms. The highest BCUT2D eigenvalue weighted by Crippen LogP contribution is 2.50. The third-order valence-corrected chi connectivity index (χ3v) is 5.73. The van der Waals surface area contributed by atoms with Gasteiger partial charge in [0.2, 0.25) is 11.8 Å². The monoisotopic (exact) mass is 406 g/mol. The van der Waals surface area contributed by atoms with Gasteiger partial charge in [-0.2, -0.15) is 0 Å². The maximum atomic E-state index is 13.1. The Labute approximate surface area is 168 Å². The van der Waals surface area contributed by atoms with Gasteiger partial charge in [0.15, 0.2) is 5.54 Å². The lowest BCUT2D eigenvalue weighted by atomic mass is 9.79. The first-order valence-electron chi connectivity index (χ1n) is 9.53. The van der Waals surface area contributed by atoms with Gasteiger partial charge in [-0.3, -0.25) is 19.8 Å². The highest BCUT2D eigenvalue weighted by Gasteiger charge is 2.68. The van der Waals surface area contributed by atoms with Gasteiger partial charge in [-0.15, -0.1) is 0 Å². The molecule has 4 unspecified atom stereocenters. The first-order valence-corrected chi connectivity index (χ1v) is 9.53. The molecular weight excluding hydrogens is 380 g/mol. The maximum Gasteiger partial charge on any atom is 0.329 e. The van der Waals surface area contributed by atoms with Crippen LogP contribution in [0.1, 0.15) is 25.5 Å². The van der Waals surface area contributed by atoms with Crippen molar-refractivity contribution < 1.29 is 33.7 Å². The maximum absolute atomic E-state index is 13.1. The molecule has 4 atom stereocenters. The zero-order valence-corrected chi connectivity index (χ0v) is 16.9. The second-order valence-electron chi connectivity index (χ2n) is 7.00. The number of esters is 1. The first kappa shape index (κ1) is 21.1. The summed E-state index contributed by atoms with van der Waals surface area (Å²) in [4.78, 5) is 40.1. The quantitative estimate of drug-likeness (QED) is 0.490. The van der Waals surface area contributed by atoms with E-state index in [0.717, 1.165) is 4.90 Å². The number of hydrogen-bond acceptors (Lipinski definition) is 8. The molecule has 0 saturated carbocycles.